The van der Waals surface area contributed by atoms with Gasteiger partial charge in [0, 0.05) is 17.6 Å². The van der Waals surface area contributed by atoms with Gasteiger partial charge < -0.3 is 22.9 Å². The number of hydrogen-bond donors (Lipinski definition) is 4. The average molecular weight is 246 g/mol. The van der Waals surface area contributed by atoms with Crippen LogP contribution in [-0.4, -0.2) is 24.2 Å². The summed E-state index contributed by atoms with van der Waals surface area (Å²) < 4.78 is 0. The van der Waals surface area contributed by atoms with E-state index in [1.54, 1.807) is 0 Å². The van der Waals surface area contributed by atoms with Gasteiger partial charge in [0.25, 0.3) is 0 Å². The van der Waals surface area contributed by atoms with Gasteiger partial charge in [-0.3, -0.25) is 0 Å². The van der Waals surface area contributed by atoms with Crippen LogP contribution in [-0.2, 0) is 0 Å². The molecule has 4 nitrogen and oxygen atoms in total. The van der Waals surface area contributed by atoms with E-state index in [2.05, 4.69) is 0 Å². The molecule has 8 N–H and O–H groups in total. The Bertz CT molecular complexity index is 140. The minimum absolute atomic E-state index is 0. The lowest BCUT2D eigenvalue weighted by Crippen LogP contribution is -2.27. The van der Waals surface area contributed by atoms with E-state index in [-0.39, 0.29) is 5.54 Å². The van der Waals surface area contributed by atoms with E-state index in [1.165, 1.54) is 32.1 Å². The molecule has 0 aliphatic heterocycles. The lowest BCUT2D eigenvalue weighted by molar-refractivity contribution is 0.418. The Hall–Kier alpha value is -0.160. The van der Waals surface area contributed by atoms with Crippen LogP contribution in [0.3, 0.4) is 0 Å². The van der Waals surface area contributed by atoms with Gasteiger partial charge in [0.15, 0.2) is 0 Å². The Balaban J connectivity index is 0. The Morgan fingerprint density at radius 3 is 1.06 bits per heavy atom. The normalized spacial score (nSPS) is 18.4. The largest absolute Gasteiger partial charge is 0.331 e. The smallest absolute Gasteiger partial charge is 0.00686 e. The summed E-state index contributed by atoms with van der Waals surface area (Å²) in [6, 6.07) is 1.15. The van der Waals surface area contributed by atoms with Gasteiger partial charge in [-0.15, -0.1) is 0 Å². The molecule has 0 amide bonds. The van der Waals surface area contributed by atoms with E-state index in [1.807, 2.05) is 27.7 Å². The molecular formula is C13H34N4. The molecule has 0 aromatic rings. The minimum Gasteiger partial charge on any atom is -0.331 e. The van der Waals surface area contributed by atoms with E-state index in [4.69, 9.17) is 22.9 Å². The lowest BCUT2D eigenvalue weighted by atomic mass is 9.95. The second kappa shape index (κ2) is 11.0. The Morgan fingerprint density at radius 2 is 1.06 bits per heavy atom. The van der Waals surface area contributed by atoms with Crippen molar-refractivity contribution in [2.24, 2.45) is 22.9 Å². The van der Waals surface area contributed by atoms with E-state index in [0.717, 1.165) is 6.54 Å². The summed E-state index contributed by atoms with van der Waals surface area (Å²) in [5, 5.41) is 0. The first-order valence-corrected chi connectivity index (χ1v) is 6.70. The van der Waals surface area contributed by atoms with Crippen molar-refractivity contribution in [3.63, 3.8) is 0 Å². The van der Waals surface area contributed by atoms with Gasteiger partial charge >= 0.3 is 0 Å². The topological polar surface area (TPSA) is 104 Å². The number of nitrogens with two attached hydrogens (primary N) is 4. The van der Waals surface area contributed by atoms with Crippen LogP contribution in [0.5, 0.6) is 0 Å². The Kier molecular flexibility index (Phi) is 12.4. The molecular weight excluding hydrogens is 212 g/mol. The number of hydrogen-bond acceptors (Lipinski definition) is 4. The predicted molar refractivity (Wildman–Crippen MR) is 77.7 cm³/mol. The van der Waals surface area contributed by atoms with Gasteiger partial charge in [-0.05, 0) is 53.0 Å². The fourth-order valence-corrected chi connectivity index (χ4v) is 0.536. The molecule has 0 heterocycles. The maximum absolute atomic E-state index is 5.38. The fraction of sp³-hybridized carbons (Fsp3) is 1.00. The standard InChI is InChI=1S/C4H9N.C4H11N.C3H7N.C2H7N/c5-4-2-1-3-4;1-4(2,3)5;4-3-1-2-3;1-2-3/h4H,1-3,5H2;5H2,1-3H3;3H,1-2,4H2;2-3H2,1H3. The molecule has 0 spiro atoms. The maximum Gasteiger partial charge on any atom is 0.00686 e. The van der Waals surface area contributed by atoms with Crippen molar-refractivity contribution < 1.29 is 0 Å². The molecule has 4 heteroatoms. The highest BCUT2D eigenvalue weighted by molar-refractivity contribution is 4.75. The highest BCUT2D eigenvalue weighted by Crippen LogP contribution is 2.14. The summed E-state index contributed by atoms with van der Waals surface area (Å²) in [4.78, 5) is 0. The van der Waals surface area contributed by atoms with Crippen molar-refractivity contribution in [2.45, 2.75) is 77.4 Å². The van der Waals surface area contributed by atoms with Gasteiger partial charge in [-0.1, -0.05) is 13.3 Å². The first-order chi connectivity index (χ1) is 7.70. The van der Waals surface area contributed by atoms with Crippen molar-refractivity contribution in [3.8, 4) is 0 Å². The molecule has 0 atom stereocenters. The third-order valence-electron chi connectivity index (χ3n) is 1.77. The van der Waals surface area contributed by atoms with Crippen LogP contribution in [0.25, 0.3) is 0 Å². The zero-order valence-electron chi connectivity index (χ0n) is 12.2. The van der Waals surface area contributed by atoms with Crippen molar-refractivity contribution in [2.75, 3.05) is 6.54 Å². The van der Waals surface area contributed by atoms with E-state index >= 15 is 0 Å². The van der Waals surface area contributed by atoms with Gasteiger partial charge in [0.2, 0.25) is 0 Å². The molecule has 106 valence electrons. The molecule has 0 bridgehead atoms. The molecule has 2 aliphatic carbocycles. The summed E-state index contributed by atoms with van der Waals surface area (Å²) in [5.74, 6) is 0. The van der Waals surface area contributed by atoms with E-state index < -0.39 is 0 Å². The lowest BCUT2D eigenvalue weighted by Gasteiger charge is -2.18. The van der Waals surface area contributed by atoms with Gasteiger partial charge in [0.1, 0.15) is 0 Å². The molecule has 2 rings (SSSR count). The van der Waals surface area contributed by atoms with E-state index in [9.17, 15) is 0 Å². The fourth-order valence-electron chi connectivity index (χ4n) is 0.536. The molecule has 0 radical (unpaired) electrons. The highest BCUT2D eigenvalue weighted by atomic mass is 14.7. The zero-order valence-corrected chi connectivity index (χ0v) is 12.2. The van der Waals surface area contributed by atoms with Crippen LogP contribution in [0.1, 0.15) is 59.8 Å². The van der Waals surface area contributed by atoms with Crippen LogP contribution in [0.2, 0.25) is 0 Å². The monoisotopic (exact) mass is 246 g/mol. The van der Waals surface area contributed by atoms with Gasteiger partial charge in [0.05, 0.1) is 0 Å². The van der Waals surface area contributed by atoms with Crippen molar-refractivity contribution in [1.82, 2.24) is 0 Å². The third-order valence-corrected chi connectivity index (χ3v) is 1.77. The van der Waals surface area contributed by atoms with Gasteiger partial charge in [-0.25, -0.2) is 0 Å². The second-order valence-electron chi connectivity index (χ2n) is 5.80. The molecule has 0 saturated heterocycles. The van der Waals surface area contributed by atoms with Crippen LogP contribution in [0, 0.1) is 0 Å². The van der Waals surface area contributed by atoms with Crippen molar-refractivity contribution >= 4 is 0 Å². The van der Waals surface area contributed by atoms with Gasteiger partial charge in [-0.2, -0.15) is 0 Å². The molecule has 2 aliphatic rings. The summed E-state index contributed by atoms with van der Waals surface area (Å²) in [6.07, 6.45) is 6.42. The van der Waals surface area contributed by atoms with Crippen LogP contribution < -0.4 is 22.9 Å². The number of rotatable bonds is 0. The first kappa shape index (κ1) is 19.2. The SMILES string of the molecule is CC(C)(C)N.CCN.NC1CC1.NC1CCC1. The van der Waals surface area contributed by atoms with Crippen molar-refractivity contribution in [3.05, 3.63) is 0 Å². The average Bonchev–Trinajstić information content (AvgIpc) is 2.84. The first-order valence-electron chi connectivity index (χ1n) is 6.70. The highest BCUT2D eigenvalue weighted by Gasteiger charge is 2.13. The third kappa shape index (κ3) is 38.8. The van der Waals surface area contributed by atoms with Crippen LogP contribution in [0.15, 0.2) is 0 Å². The molecule has 0 aromatic heterocycles. The molecule has 0 aromatic carbocycles. The summed E-state index contributed by atoms with van der Waals surface area (Å²) in [6.45, 7) is 8.55. The minimum atomic E-state index is 0. The predicted octanol–water partition coefficient (Wildman–Crippen LogP) is 1.31. The molecule has 0 unspecified atom stereocenters. The summed E-state index contributed by atoms with van der Waals surface area (Å²) in [7, 11) is 0. The molecule has 17 heavy (non-hydrogen) atoms. The Labute approximate surface area is 107 Å². The van der Waals surface area contributed by atoms with Crippen LogP contribution >= 0.6 is 0 Å². The van der Waals surface area contributed by atoms with Crippen LogP contribution in [0.4, 0.5) is 0 Å². The molecule has 2 saturated carbocycles. The second-order valence-corrected chi connectivity index (χ2v) is 5.80. The quantitative estimate of drug-likeness (QED) is 0.517. The summed E-state index contributed by atoms with van der Waals surface area (Å²) in [5.41, 5.74) is 20.8. The van der Waals surface area contributed by atoms with Crippen molar-refractivity contribution in [1.29, 1.82) is 0 Å². The zero-order chi connectivity index (χ0) is 13.9. The summed E-state index contributed by atoms with van der Waals surface area (Å²) >= 11 is 0. The molecule has 2 fully saturated rings. The Morgan fingerprint density at radius 1 is 0.941 bits per heavy atom. The maximum atomic E-state index is 5.38. The van der Waals surface area contributed by atoms with E-state index in [0.29, 0.717) is 12.1 Å².